The van der Waals surface area contributed by atoms with Crippen LogP contribution >= 0.6 is 11.3 Å². The zero-order valence-electron chi connectivity index (χ0n) is 17.9. The summed E-state index contributed by atoms with van der Waals surface area (Å²) in [6.07, 6.45) is 1.04. The minimum atomic E-state index is -3.66. The van der Waals surface area contributed by atoms with Gasteiger partial charge in [0, 0.05) is 57.3 Å². The predicted molar refractivity (Wildman–Crippen MR) is 123 cm³/mol. The number of piperazine rings is 1. The lowest BCUT2D eigenvalue weighted by Gasteiger charge is -2.38. The van der Waals surface area contributed by atoms with Gasteiger partial charge >= 0.3 is 0 Å². The van der Waals surface area contributed by atoms with Crippen LogP contribution in [-0.2, 0) is 21.4 Å². The maximum atomic E-state index is 13.0. The van der Waals surface area contributed by atoms with Gasteiger partial charge in [0.15, 0.2) is 0 Å². The molecule has 172 valence electrons. The Hall–Kier alpha value is -2.27. The van der Waals surface area contributed by atoms with Gasteiger partial charge in [-0.2, -0.15) is 15.6 Å². The molecule has 3 heterocycles. The molecule has 0 aliphatic carbocycles. The third-order valence-electron chi connectivity index (χ3n) is 6.25. The summed E-state index contributed by atoms with van der Waals surface area (Å²) in [6, 6.07) is 7.79. The molecule has 2 amide bonds. The molecule has 2 aliphatic rings. The van der Waals surface area contributed by atoms with Crippen LogP contribution in [0.2, 0.25) is 0 Å². The Balaban J connectivity index is 1.28. The number of piperidine rings is 1. The second-order valence-corrected chi connectivity index (χ2v) is 11.0. The normalized spacial score (nSPS) is 19.2. The van der Waals surface area contributed by atoms with E-state index in [0.717, 1.165) is 19.6 Å². The molecule has 0 bridgehead atoms. The van der Waals surface area contributed by atoms with Gasteiger partial charge in [-0.25, -0.2) is 8.42 Å². The Morgan fingerprint density at radius 1 is 0.969 bits per heavy atom. The van der Waals surface area contributed by atoms with Crippen molar-refractivity contribution in [2.75, 3.05) is 39.3 Å². The lowest BCUT2D eigenvalue weighted by molar-refractivity contribution is -0.138. The van der Waals surface area contributed by atoms with Gasteiger partial charge in [0.25, 0.3) is 0 Å². The minimum Gasteiger partial charge on any atom is -0.366 e. The molecule has 0 radical (unpaired) electrons. The predicted octanol–water partition coefficient (Wildman–Crippen LogP) is 1.59. The topological polar surface area (TPSA) is 104 Å². The van der Waals surface area contributed by atoms with Crippen molar-refractivity contribution in [3.63, 3.8) is 0 Å². The van der Waals surface area contributed by atoms with E-state index in [1.807, 2.05) is 4.90 Å². The van der Waals surface area contributed by atoms with Crippen molar-refractivity contribution in [2.24, 2.45) is 11.7 Å². The molecule has 4 rings (SSSR count). The monoisotopic (exact) mass is 476 g/mol. The first-order valence-electron chi connectivity index (χ1n) is 10.8. The zero-order valence-corrected chi connectivity index (χ0v) is 19.5. The first-order chi connectivity index (χ1) is 15.3. The van der Waals surface area contributed by atoms with E-state index in [1.54, 1.807) is 11.3 Å². The summed E-state index contributed by atoms with van der Waals surface area (Å²) in [5.41, 5.74) is 6.80. The number of nitrogens with two attached hydrogens (primary N) is 1. The lowest BCUT2D eigenvalue weighted by Crippen LogP contribution is -2.51. The highest BCUT2D eigenvalue weighted by atomic mass is 32.2. The molecular formula is C22H28N4O4S2. The highest BCUT2D eigenvalue weighted by Crippen LogP contribution is 2.26. The number of carbonyl (C=O) groups excluding carboxylic acids is 2. The Kier molecular flexibility index (Phi) is 6.94. The van der Waals surface area contributed by atoms with Crippen LogP contribution in [0.4, 0.5) is 0 Å². The van der Waals surface area contributed by atoms with Crippen LogP contribution in [0.1, 0.15) is 28.8 Å². The standard InChI is InChI=1S/C22H28N4O4S2/c23-21(27)18-1-3-20(4-2-18)32(29,30)26-8-5-19(6-9-26)22(28)25-12-10-24(11-13-25)15-17-7-14-31-16-17/h1-4,7,14,16,19H,5-6,8-13,15H2,(H2,23,27). The van der Waals surface area contributed by atoms with E-state index in [-0.39, 0.29) is 22.3 Å². The van der Waals surface area contributed by atoms with E-state index >= 15 is 0 Å². The number of thiophene rings is 1. The molecule has 2 aliphatic heterocycles. The van der Waals surface area contributed by atoms with E-state index in [1.165, 1.54) is 34.1 Å². The fourth-order valence-electron chi connectivity index (χ4n) is 4.31. The van der Waals surface area contributed by atoms with Gasteiger partial charge in [-0.05, 0) is 59.5 Å². The van der Waals surface area contributed by atoms with Crippen LogP contribution in [0.15, 0.2) is 46.0 Å². The fraction of sp³-hybridized carbons (Fsp3) is 0.455. The van der Waals surface area contributed by atoms with Crippen LogP contribution in [0.25, 0.3) is 0 Å². The molecular weight excluding hydrogens is 448 g/mol. The summed E-state index contributed by atoms with van der Waals surface area (Å²) in [4.78, 5) is 28.6. The number of sulfonamides is 1. The number of primary amides is 1. The smallest absolute Gasteiger partial charge is 0.248 e. The molecule has 0 atom stereocenters. The van der Waals surface area contributed by atoms with Gasteiger partial charge in [0.05, 0.1) is 4.90 Å². The summed E-state index contributed by atoms with van der Waals surface area (Å²) in [7, 11) is -3.66. The molecule has 2 saturated heterocycles. The number of amides is 2. The van der Waals surface area contributed by atoms with E-state index in [9.17, 15) is 18.0 Å². The molecule has 0 spiro atoms. The van der Waals surface area contributed by atoms with Crippen LogP contribution in [-0.4, -0.2) is 73.6 Å². The van der Waals surface area contributed by atoms with Crippen molar-refractivity contribution in [1.29, 1.82) is 0 Å². The maximum absolute atomic E-state index is 13.0. The number of carbonyl (C=O) groups is 2. The highest BCUT2D eigenvalue weighted by molar-refractivity contribution is 7.89. The van der Waals surface area contributed by atoms with Crippen molar-refractivity contribution in [3.05, 3.63) is 52.2 Å². The fourth-order valence-corrected chi connectivity index (χ4v) is 6.44. The van der Waals surface area contributed by atoms with E-state index in [2.05, 4.69) is 21.7 Å². The molecule has 2 N–H and O–H groups in total. The van der Waals surface area contributed by atoms with Crippen LogP contribution in [0, 0.1) is 5.92 Å². The maximum Gasteiger partial charge on any atom is 0.248 e. The van der Waals surface area contributed by atoms with Gasteiger partial charge in [0.1, 0.15) is 0 Å². The quantitative estimate of drug-likeness (QED) is 0.682. The van der Waals surface area contributed by atoms with Crippen molar-refractivity contribution in [3.8, 4) is 0 Å². The first-order valence-corrected chi connectivity index (χ1v) is 13.1. The lowest BCUT2D eigenvalue weighted by atomic mass is 9.96. The zero-order chi connectivity index (χ0) is 22.7. The number of benzene rings is 1. The molecule has 10 heteroatoms. The number of nitrogens with zero attached hydrogens (tertiary/aromatic N) is 3. The summed E-state index contributed by atoms with van der Waals surface area (Å²) < 4.78 is 27.3. The molecule has 8 nitrogen and oxygen atoms in total. The van der Waals surface area contributed by atoms with Gasteiger partial charge in [-0.1, -0.05) is 0 Å². The number of hydrogen-bond acceptors (Lipinski definition) is 6. The minimum absolute atomic E-state index is 0.133. The highest BCUT2D eigenvalue weighted by Gasteiger charge is 2.34. The molecule has 2 fully saturated rings. The molecule has 1 aromatic carbocycles. The first kappa shape index (κ1) is 22.9. The third kappa shape index (κ3) is 5.03. The molecule has 0 unspecified atom stereocenters. The SMILES string of the molecule is NC(=O)c1ccc(S(=O)(=O)N2CCC(C(=O)N3CCN(Cc4ccsc4)CC3)CC2)cc1. The molecule has 0 saturated carbocycles. The average Bonchev–Trinajstić information content (AvgIpc) is 3.32. The largest absolute Gasteiger partial charge is 0.366 e. The number of hydrogen-bond donors (Lipinski definition) is 1. The van der Waals surface area contributed by atoms with Crippen molar-refractivity contribution in [2.45, 2.75) is 24.3 Å². The Labute approximate surface area is 192 Å². The third-order valence-corrected chi connectivity index (χ3v) is 8.89. The Bertz CT molecular complexity index is 1040. The van der Waals surface area contributed by atoms with E-state index < -0.39 is 15.9 Å². The number of rotatable bonds is 6. The molecule has 32 heavy (non-hydrogen) atoms. The van der Waals surface area contributed by atoms with Gasteiger partial charge in [0.2, 0.25) is 21.8 Å². The van der Waals surface area contributed by atoms with Crippen LogP contribution < -0.4 is 5.73 Å². The Morgan fingerprint density at radius 3 is 2.19 bits per heavy atom. The van der Waals surface area contributed by atoms with Crippen molar-refractivity contribution >= 4 is 33.2 Å². The van der Waals surface area contributed by atoms with Crippen molar-refractivity contribution < 1.29 is 18.0 Å². The summed E-state index contributed by atoms with van der Waals surface area (Å²) in [5, 5.41) is 4.24. The second-order valence-electron chi connectivity index (χ2n) is 8.30. The van der Waals surface area contributed by atoms with Crippen molar-refractivity contribution in [1.82, 2.24) is 14.1 Å². The van der Waals surface area contributed by atoms with E-state index in [4.69, 9.17) is 5.73 Å². The summed E-state index contributed by atoms with van der Waals surface area (Å²) in [5.74, 6) is -0.592. The van der Waals surface area contributed by atoms with Gasteiger partial charge in [-0.3, -0.25) is 14.5 Å². The summed E-state index contributed by atoms with van der Waals surface area (Å²) >= 11 is 1.70. The molecule has 1 aromatic heterocycles. The van der Waals surface area contributed by atoms with Gasteiger partial charge < -0.3 is 10.6 Å². The van der Waals surface area contributed by atoms with E-state index in [0.29, 0.717) is 39.0 Å². The molecule has 2 aromatic rings. The van der Waals surface area contributed by atoms with Gasteiger partial charge in [-0.15, -0.1) is 0 Å². The summed E-state index contributed by atoms with van der Waals surface area (Å²) in [6.45, 7) is 4.69. The Morgan fingerprint density at radius 2 is 1.62 bits per heavy atom. The van der Waals surface area contributed by atoms with Crippen LogP contribution in [0.3, 0.4) is 0 Å². The van der Waals surface area contributed by atoms with Crippen LogP contribution in [0.5, 0.6) is 0 Å². The average molecular weight is 477 g/mol. The second kappa shape index (κ2) is 9.70.